The second-order valence-electron chi connectivity index (χ2n) is 2.92. The van der Waals surface area contributed by atoms with E-state index in [2.05, 4.69) is 10.1 Å². The molecule has 0 saturated heterocycles. The van der Waals surface area contributed by atoms with Crippen LogP contribution < -0.4 is 0 Å². The number of rotatable bonds is 2. The lowest BCUT2D eigenvalue weighted by atomic mass is 10.5. The summed E-state index contributed by atoms with van der Waals surface area (Å²) in [4.78, 5) is 3.92. The van der Waals surface area contributed by atoms with E-state index in [1.54, 1.807) is 14.0 Å². The van der Waals surface area contributed by atoms with Gasteiger partial charge in [-0.15, -0.1) is 0 Å². The molecular formula is C6H11N3O2S2. The number of aryl methyl sites for hydroxylation is 1. The van der Waals surface area contributed by atoms with E-state index in [-0.39, 0.29) is 0 Å². The Labute approximate surface area is 81.7 Å². The van der Waals surface area contributed by atoms with Crippen molar-refractivity contribution in [2.45, 2.75) is 12.2 Å². The Hall–Kier alpha value is -0.690. The Morgan fingerprint density at radius 3 is 2.46 bits per heavy atom. The summed E-state index contributed by atoms with van der Waals surface area (Å²) in [5.74, 6) is 0.384. The van der Waals surface area contributed by atoms with E-state index in [1.165, 1.54) is 10.9 Å². The van der Waals surface area contributed by atoms with Crippen molar-refractivity contribution in [3.63, 3.8) is 0 Å². The summed E-state index contributed by atoms with van der Waals surface area (Å²) < 4.78 is 24.2. The van der Waals surface area contributed by atoms with Crippen LogP contribution in [0.4, 0.5) is 0 Å². The summed E-state index contributed by atoms with van der Waals surface area (Å²) >= 11 is 4.84. The van der Waals surface area contributed by atoms with Gasteiger partial charge in [-0.2, -0.15) is 0 Å². The third-order valence-corrected chi connectivity index (χ3v) is 3.69. The highest BCUT2D eigenvalue weighted by Crippen LogP contribution is 2.15. The number of hydrogen-bond acceptors (Lipinski definition) is 4. The van der Waals surface area contributed by atoms with Gasteiger partial charge in [-0.05, 0) is 19.1 Å². The van der Waals surface area contributed by atoms with Crippen LogP contribution in [0.1, 0.15) is 18.0 Å². The fraction of sp³-hybridized carbons (Fsp3) is 0.667. The van der Waals surface area contributed by atoms with Crippen molar-refractivity contribution < 1.29 is 8.42 Å². The Bertz CT molecular complexity index is 456. The summed E-state index contributed by atoms with van der Waals surface area (Å²) in [5.41, 5.74) is 0. The molecule has 1 aromatic heterocycles. The summed E-state index contributed by atoms with van der Waals surface area (Å²) in [7, 11) is -1.42. The molecule has 1 rings (SSSR count). The molecule has 0 aromatic carbocycles. The van der Waals surface area contributed by atoms with Gasteiger partial charge in [0.25, 0.3) is 0 Å². The number of sulfone groups is 1. The highest BCUT2D eigenvalue weighted by atomic mass is 32.2. The number of nitrogens with one attached hydrogen (secondary N) is 1. The van der Waals surface area contributed by atoms with Gasteiger partial charge in [0.05, 0.1) is 0 Å². The average Bonchev–Trinajstić information content (AvgIpc) is 2.29. The van der Waals surface area contributed by atoms with E-state index in [0.29, 0.717) is 10.6 Å². The molecule has 0 spiro atoms. The smallest absolute Gasteiger partial charge is 0.215 e. The van der Waals surface area contributed by atoms with Crippen molar-refractivity contribution in [3.05, 3.63) is 10.6 Å². The predicted octanol–water partition coefficient (Wildman–Crippen LogP) is 0.583. The Balaban J connectivity index is 3.18. The molecule has 13 heavy (non-hydrogen) atoms. The molecule has 0 aliphatic carbocycles. The average molecular weight is 221 g/mol. The van der Waals surface area contributed by atoms with Crippen LogP contribution >= 0.6 is 12.2 Å². The van der Waals surface area contributed by atoms with E-state index in [4.69, 9.17) is 12.2 Å². The molecule has 1 heterocycles. The number of H-pyrrole nitrogens is 1. The summed E-state index contributed by atoms with van der Waals surface area (Å²) in [6.07, 6.45) is 1.17. The van der Waals surface area contributed by atoms with Gasteiger partial charge in [-0.1, -0.05) is 0 Å². The SMILES string of the molecule is CC(c1nc(=S)n(C)[nH]1)S(C)(=O)=O. The van der Waals surface area contributed by atoms with E-state index < -0.39 is 15.1 Å². The van der Waals surface area contributed by atoms with E-state index in [0.717, 1.165) is 0 Å². The molecule has 7 heteroatoms. The normalized spacial score (nSPS) is 14.4. The van der Waals surface area contributed by atoms with Crippen LogP contribution in [-0.2, 0) is 16.9 Å². The fourth-order valence-electron chi connectivity index (χ4n) is 0.807. The van der Waals surface area contributed by atoms with Crippen molar-refractivity contribution >= 4 is 22.1 Å². The Morgan fingerprint density at radius 2 is 2.15 bits per heavy atom. The quantitative estimate of drug-likeness (QED) is 0.742. The van der Waals surface area contributed by atoms with Crippen molar-refractivity contribution in [1.29, 1.82) is 0 Å². The van der Waals surface area contributed by atoms with Crippen molar-refractivity contribution in [2.75, 3.05) is 6.26 Å². The minimum Gasteiger partial charge on any atom is -0.282 e. The largest absolute Gasteiger partial charge is 0.282 e. The maximum Gasteiger partial charge on any atom is 0.215 e. The molecule has 0 amide bonds. The highest BCUT2D eigenvalue weighted by molar-refractivity contribution is 7.90. The monoisotopic (exact) mass is 221 g/mol. The molecule has 0 radical (unpaired) electrons. The second kappa shape index (κ2) is 3.22. The second-order valence-corrected chi connectivity index (χ2v) is 5.65. The first-order valence-corrected chi connectivity index (χ1v) is 6.00. The summed E-state index contributed by atoms with van der Waals surface area (Å²) in [6, 6.07) is 0. The molecule has 1 N–H and O–H groups in total. The third kappa shape index (κ3) is 2.16. The van der Waals surface area contributed by atoms with Gasteiger partial charge >= 0.3 is 0 Å². The third-order valence-electron chi connectivity index (χ3n) is 1.81. The molecule has 0 fully saturated rings. The number of nitrogens with zero attached hydrogens (tertiary/aromatic N) is 2. The molecule has 0 saturated carbocycles. The Kier molecular flexibility index (Phi) is 2.58. The molecule has 1 aromatic rings. The van der Waals surface area contributed by atoms with Crippen molar-refractivity contribution in [2.24, 2.45) is 7.05 Å². The van der Waals surface area contributed by atoms with Crippen LogP contribution in [0.5, 0.6) is 0 Å². The minimum absolute atomic E-state index is 0.352. The zero-order valence-corrected chi connectivity index (χ0v) is 9.24. The number of aromatic nitrogens is 3. The summed E-state index contributed by atoms with van der Waals surface area (Å²) in [6.45, 7) is 1.57. The van der Waals surface area contributed by atoms with Crippen molar-refractivity contribution in [1.82, 2.24) is 14.8 Å². The zero-order valence-electron chi connectivity index (χ0n) is 7.60. The van der Waals surface area contributed by atoms with Gasteiger partial charge in [0.1, 0.15) is 11.1 Å². The van der Waals surface area contributed by atoms with Crippen LogP contribution in [0.25, 0.3) is 0 Å². The molecule has 5 nitrogen and oxygen atoms in total. The van der Waals surface area contributed by atoms with Crippen LogP contribution in [0.15, 0.2) is 0 Å². The number of aromatic amines is 1. The van der Waals surface area contributed by atoms with E-state index in [1.807, 2.05) is 0 Å². The predicted molar refractivity (Wildman–Crippen MR) is 51.7 cm³/mol. The first kappa shape index (κ1) is 10.4. The molecular weight excluding hydrogens is 210 g/mol. The standard InChI is InChI=1S/C6H11N3O2S2/c1-4(13(3,10)11)5-7-6(12)9(2)8-5/h4H,1-3H3,(H,7,8,12). The molecule has 1 unspecified atom stereocenters. The molecule has 74 valence electrons. The summed E-state index contributed by atoms with van der Waals surface area (Å²) in [5, 5.41) is 2.13. The Morgan fingerprint density at radius 1 is 1.62 bits per heavy atom. The lowest BCUT2D eigenvalue weighted by Gasteiger charge is -2.03. The van der Waals surface area contributed by atoms with E-state index in [9.17, 15) is 8.42 Å². The van der Waals surface area contributed by atoms with Crippen molar-refractivity contribution in [3.8, 4) is 0 Å². The van der Waals surface area contributed by atoms with Gasteiger partial charge < -0.3 is 0 Å². The lowest BCUT2D eigenvalue weighted by molar-refractivity contribution is 0.588. The van der Waals surface area contributed by atoms with Gasteiger partial charge in [-0.25, -0.2) is 13.4 Å². The van der Waals surface area contributed by atoms with Gasteiger partial charge in [0.2, 0.25) is 4.77 Å². The van der Waals surface area contributed by atoms with Crippen LogP contribution in [0.2, 0.25) is 0 Å². The molecule has 0 bridgehead atoms. The van der Waals surface area contributed by atoms with Crippen LogP contribution in [0, 0.1) is 4.77 Å². The lowest BCUT2D eigenvalue weighted by Crippen LogP contribution is -2.09. The van der Waals surface area contributed by atoms with Gasteiger partial charge in [0.15, 0.2) is 9.84 Å². The topological polar surface area (TPSA) is 67.8 Å². The maximum absolute atomic E-state index is 11.1. The molecule has 0 aliphatic rings. The minimum atomic E-state index is -3.11. The molecule has 1 atom stereocenters. The molecule has 0 aliphatic heterocycles. The van der Waals surface area contributed by atoms with Crippen LogP contribution in [-0.4, -0.2) is 29.4 Å². The zero-order chi connectivity index (χ0) is 10.2. The van der Waals surface area contributed by atoms with Crippen LogP contribution in [0.3, 0.4) is 0 Å². The number of hydrogen-bond donors (Lipinski definition) is 1. The highest BCUT2D eigenvalue weighted by Gasteiger charge is 2.20. The maximum atomic E-state index is 11.1. The first-order valence-electron chi connectivity index (χ1n) is 3.64. The van der Waals surface area contributed by atoms with Gasteiger partial charge in [0, 0.05) is 13.3 Å². The first-order chi connectivity index (χ1) is 5.82. The van der Waals surface area contributed by atoms with Gasteiger partial charge in [-0.3, -0.25) is 9.78 Å². The van der Waals surface area contributed by atoms with E-state index >= 15 is 0 Å². The fourth-order valence-corrected chi connectivity index (χ4v) is 1.46.